The van der Waals surface area contributed by atoms with Crippen LogP contribution in [0.1, 0.15) is 85.5 Å². The molecule has 0 bridgehead atoms. The molecule has 0 rings (SSSR count). The second-order valence-corrected chi connectivity index (χ2v) is 11.1. The van der Waals surface area contributed by atoms with E-state index in [1.807, 2.05) is 20.8 Å². The largest absolute Gasteiger partial charge is 0.514 e. The molecule has 0 amide bonds. The first-order valence-corrected chi connectivity index (χ1v) is 12.3. The standard InChI is InChI=1S/C17H37IO3Si/c1-5-9-10-11-12-13-14-15-16-17(18)22(19-6-2,20-7-3)21-8-4/h17H,5-16H2,1-4H3. The molecule has 0 fully saturated rings. The van der Waals surface area contributed by atoms with Crippen molar-refractivity contribution >= 4 is 31.4 Å². The fourth-order valence-electron chi connectivity index (χ4n) is 2.63. The first-order chi connectivity index (χ1) is 10.7. The van der Waals surface area contributed by atoms with Gasteiger partial charge in [0.15, 0.2) is 0 Å². The lowest BCUT2D eigenvalue weighted by Gasteiger charge is -2.32. The average molecular weight is 444 g/mol. The topological polar surface area (TPSA) is 27.7 Å². The van der Waals surface area contributed by atoms with Crippen molar-refractivity contribution in [2.75, 3.05) is 19.8 Å². The van der Waals surface area contributed by atoms with Crippen LogP contribution >= 0.6 is 22.6 Å². The van der Waals surface area contributed by atoms with Crippen molar-refractivity contribution in [3.05, 3.63) is 0 Å². The minimum absolute atomic E-state index is 0.366. The highest BCUT2D eigenvalue weighted by Gasteiger charge is 2.47. The van der Waals surface area contributed by atoms with Crippen LogP contribution in [0.25, 0.3) is 0 Å². The number of rotatable bonds is 16. The maximum atomic E-state index is 5.98. The van der Waals surface area contributed by atoms with Crippen LogP contribution in [0.15, 0.2) is 0 Å². The van der Waals surface area contributed by atoms with Gasteiger partial charge in [0.1, 0.15) is 0 Å². The summed E-state index contributed by atoms with van der Waals surface area (Å²) in [6.07, 6.45) is 12.0. The van der Waals surface area contributed by atoms with E-state index in [9.17, 15) is 0 Å². The predicted octanol–water partition coefficient (Wildman–Crippen LogP) is 5.91. The molecule has 3 nitrogen and oxygen atoms in total. The third kappa shape index (κ3) is 9.85. The Morgan fingerprint density at radius 1 is 0.682 bits per heavy atom. The van der Waals surface area contributed by atoms with Crippen LogP contribution in [0.3, 0.4) is 0 Å². The van der Waals surface area contributed by atoms with Crippen LogP contribution in [0.2, 0.25) is 0 Å². The van der Waals surface area contributed by atoms with Gasteiger partial charge in [-0.05, 0) is 27.2 Å². The van der Waals surface area contributed by atoms with Crippen molar-refractivity contribution in [1.82, 2.24) is 0 Å². The number of alkyl halides is 1. The highest BCUT2D eigenvalue weighted by Crippen LogP contribution is 2.27. The SMILES string of the molecule is CCCCCCCCCCC(I)[Si](OCC)(OCC)OCC. The molecule has 0 saturated heterocycles. The van der Waals surface area contributed by atoms with E-state index in [1.54, 1.807) is 0 Å². The van der Waals surface area contributed by atoms with Crippen molar-refractivity contribution in [3.8, 4) is 0 Å². The van der Waals surface area contributed by atoms with E-state index in [2.05, 4.69) is 29.5 Å². The molecular formula is C17H37IO3Si. The lowest BCUT2D eigenvalue weighted by Crippen LogP contribution is -2.54. The second kappa shape index (κ2) is 15.4. The number of hydrogen-bond acceptors (Lipinski definition) is 3. The molecule has 0 aromatic carbocycles. The molecular weight excluding hydrogens is 407 g/mol. The lowest BCUT2D eigenvalue weighted by atomic mass is 10.1. The molecule has 22 heavy (non-hydrogen) atoms. The summed E-state index contributed by atoms with van der Waals surface area (Å²) in [4.78, 5) is 0. The maximum Gasteiger partial charge on any atom is 0.514 e. The lowest BCUT2D eigenvalue weighted by molar-refractivity contribution is 0.0700. The Balaban J connectivity index is 4.03. The van der Waals surface area contributed by atoms with Crippen LogP contribution in [0.4, 0.5) is 0 Å². The third-order valence-electron chi connectivity index (χ3n) is 3.73. The fraction of sp³-hybridized carbons (Fsp3) is 1.00. The van der Waals surface area contributed by atoms with Crippen LogP contribution in [-0.4, -0.2) is 32.2 Å². The van der Waals surface area contributed by atoms with Gasteiger partial charge < -0.3 is 13.3 Å². The van der Waals surface area contributed by atoms with Gasteiger partial charge in [0.25, 0.3) is 0 Å². The van der Waals surface area contributed by atoms with Crippen LogP contribution < -0.4 is 0 Å². The minimum atomic E-state index is -2.50. The molecule has 0 aliphatic carbocycles. The molecule has 0 N–H and O–H groups in total. The van der Waals surface area contributed by atoms with Crippen LogP contribution in [0, 0.1) is 0 Å². The molecule has 0 aliphatic rings. The molecule has 134 valence electrons. The molecule has 0 aromatic heterocycles. The summed E-state index contributed by atoms with van der Waals surface area (Å²) in [5.41, 5.74) is 0. The number of unbranched alkanes of at least 4 members (excludes halogenated alkanes) is 7. The summed E-state index contributed by atoms with van der Waals surface area (Å²) in [7, 11) is -2.50. The third-order valence-corrected chi connectivity index (χ3v) is 9.77. The van der Waals surface area contributed by atoms with Gasteiger partial charge in [-0.1, -0.05) is 80.9 Å². The Bertz CT molecular complexity index is 225. The van der Waals surface area contributed by atoms with E-state index < -0.39 is 8.80 Å². The summed E-state index contributed by atoms with van der Waals surface area (Å²) >= 11 is 2.49. The minimum Gasteiger partial charge on any atom is -0.373 e. The summed E-state index contributed by atoms with van der Waals surface area (Å²) in [6, 6.07) is 0. The van der Waals surface area contributed by atoms with Gasteiger partial charge in [-0.2, -0.15) is 0 Å². The second-order valence-electron chi connectivity index (χ2n) is 5.63. The van der Waals surface area contributed by atoms with Gasteiger partial charge >= 0.3 is 8.80 Å². The molecule has 5 heteroatoms. The fourth-order valence-corrected chi connectivity index (χ4v) is 7.25. The molecule has 1 unspecified atom stereocenters. The van der Waals surface area contributed by atoms with Crippen molar-refractivity contribution < 1.29 is 13.3 Å². The quantitative estimate of drug-likeness (QED) is 0.128. The van der Waals surface area contributed by atoms with E-state index in [1.165, 1.54) is 51.4 Å². The molecule has 0 spiro atoms. The molecule has 0 heterocycles. The maximum absolute atomic E-state index is 5.98. The van der Waals surface area contributed by atoms with Crippen molar-refractivity contribution in [2.24, 2.45) is 0 Å². The number of hydrogen-bond donors (Lipinski definition) is 0. The summed E-state index contributed by atoms with van der Waals surface area (Å²) in [5, 5.41) is 0. The molecule has 0 aliphatic heterocycles. The van der Waals surface area contributed by atoms with Crippen molar-refractivity contribution in [3.63, 3.8) is 0 Å². The van der Waals surface area contributed by atoms with E-state index in [0.29, 0.717) is 23.4 Å². The first kappa shape index (κ1) is 22.8. The zero-order valence-corrected chi connectivity index (χ0v) is 18.3. The Hall–Kier alpha value is 0.827. The highest BCUT2D eigenvalue weighted by atomic mass is 127. The highest BCUT2D eigenvalue weighted by molar-refractivity contribution is 14.1. The zero-order chi connectivity index (χ0) is 16.7. The van der Waals surface area contributed by atoms with Gasteiger partial charge in [-0.3, -0.25) is 0 Å². The van der Waals surface area contributed by atoms with Crippen LogP contribution in [0.5, 0.6) is 0 Å². The van der Waals surface area contributed by atoms with Gasteiger partial charge in [0, 0.05) is 19.8 Å². The average Bonchev–Trinajstić information content (AvgIpc) is 2.50. The van der Waals surface area contributed by atoms with Gasteiger partial charge in [0.05, 0.1) is 3.55 Å². The Morgan fingerprint density at radius 2 is 1.09 bits per heavy atom. The normalized spacial score (nSPS) is 13.5. The molecule has 0 radical (unpaired) electrons. The van der Waals surface area contributed by atoms with Crippen molar-refractivity contribution in [2.45, 2.75) is 89.0 Å². The molecule has 0 aromatic rings. The smallest absolute Gasteiger partial charge is 0.373 e. The molecule has 0 saturated carbocycles. The summed E-state index contributed by atoms with van der Waals surface area (Å²) in [5.74, 6) is 0. The van der Waals surface area contributed by atoms with E-state index >= 15 is 0 Å². The Kier molecular flexibility index (Phi) is 15.9. The van der Waals surface area contributed by atoms with Gasteiger partial charge in [-0.25, -0.2) is 0 Å². The Labute approximate surface area is 153 Å². The van der Waals surface area contributed by atoms with Gasteiger partial charge in [0.2, 0.25) is 0 Å². The van der Waals surface area contributed by atoms with E-state index in [-0.39, 0.29) is 0 Å². The zero-order valence-electron chi connectivity index (χ0n) is 15.2. The van der Waals surface area contributed by atoms with Gasteiger partial charge in [-0.15, -0.1) is 0 Å². The Morgan fingerprint density at radius 3 is 1.50 bits per heavy atom. The molecule has 1 atom stereocenters. The first-order valence-electron chi connectivity index (χ1n) is 9.22. The predicted molar refractivity (Wildman–Crippen MR) is 106 cm³/mol. The van der Waals surface area contributed by atoms with E-state index in [0.717, 1.165) is 6.42 Å². The van der Waals surface area contributed by atoms with Crippen LogP contribution in [-0.2, 0) is 13.3 Å². The summed E-state index contributed by atoms with van der Waals surface area (Å²) < 4.78 is 18.3. The van der Waals surface area contributed by atoms with Crippen molar-refractivity contribution in [1.29, 1.82) is 0 Å². The van der Waals surface area contributed by atoms with E-state index in [4.69, 9.17) is 13.3 Å². The monoisotopic (exact) mass is 444 g/mol. The summed E-state index contributed by atoms with van der Waals surface area (Å²) in [6.45, 7) is 10.4. The number of halogens is 1.